The molecule has 0 saturated heterocycles. The topological polar surface area (TPSA) is 52.6 Å². The lowest BCUT2D eigenvalue weighted by Gasteiger charge is -2.18. The van der Waals surface area contributed by atoms with Gasteiger partial charge in [-0.05, 0) is 31.4 Å². The van der Waals surface area contributed by atoms with Crippen LogP contribution in [0.5, 0.6) is 11.5 Å². The van der Waals surface area contributed by atoms with Gasteiger partial charge in [-0.25, -0.2) is 0 Å². The van der Waals surface area contributed by atoms with Gasteiger partial charge in [0.2, 0.25) is 0 Å². The lowest BCUT2D eigenvalue weighted by atomic mass is 10.1. The van der Waals surface area contributed by atoms with Gasteiger partial charge >= 0.3 is 0 Å². The van der Waals surface area contributed by atoms with Crippen molar-refractivity contribution in [2.45, 2.75) is 30.6 Å². The number of ketones is 1. The molecule has 0 bridgehead atoms. The van der Waals surface area contributed by atoms with Crippen molar-refractivity contribution in [2.75, 3.05) is 19.0 Å². The van der Waals surface area contributed by atoms with E-state index in [9.17, 15) is 9.00 Å². The van der Waals surface area contributed by atoms with E-state index in [0.717, 1.165) is 24.2 Å². The van der Waals surface area contributed by atoms with Crippen molar-refractivity contribution in [2.24, 2.45) is 5.92 Å². The molecule has 1 aromatic rings. The van der Waals surface area contributed by atoms with Crippen LogP contribution in [-0.2, 0) is 15.6 Å². The molecule has 1 saturated carbocycles. The molecule has 5 heteroatoms. The van der Waals surface area contributed by atoms with Gasteiger partial charge in [0.15, 0.2) is 11.5 Å². The van der Waals surface area contributed by atoms with Crippen LogP contribution in [0.25, 0.3) is 0 Å². The number of rotatable bonds is 4. The van der Waals surface area contributed by atoms with Crippen LogP contribution in [0, 0.1) is 5.92 Å². The van der Waals surface area contributed by atoms with Crippen LogP contribution >= 0.6 is 0 Å². The molecule has 1 aliphatic heterocycles. The molecule has 0 radical (unpaired) electrons. The number of fused-ring (bicyclic) bond motifs is 1. The Labute approximate surface area is 120 Å². The largest absolute Gasteiger partial charge is 0.486 e. The van der Waals surface area contributed by atoms with Crippen LogP contribution in [0.2, 0.25) is 0 Å². The van der Waals surface area contributed by atoms with Crippen molar-refractivity contribution in [3.63, 3.8) is 0 Å². The molecular formula is C15H18O4S. The minimum Gasteiger partial charge on any atom is -0.486 e. The normalized spacial score (nSPS) is 22.8. The number of Topliss-reactive ketones (excluding diaryl/α,β-unsaturated/α-hetero) is 1. The summed E-state index contributed by atoms with van der Waals surface area (Å²) in [6.07, 6.45) is 3.36. The average molecular weight is 294 g/mol. The Morgan fingerprint density at radius 1 is 1.20 bits per heavy atom. The molecule has 0 spiro atoms. The molecule has 0 amide bonds. The van der Waals surface area contributed by atoms with Crippen molar-refractivity contribution in [1.82, 2.24) is 0 Å². The molecule has 0 N–H and O–H groups in total. The smallest absolute Gasteiger partial charge is 0.162 e. The number of carbonyl (C=O) groups is 1. The SMILES string of the molecule is O=C1CCCC1CCS(=O)c1ccc2c(c1)OCCO2. The summed E-state index contributed by atoms with van der Waals surface area (Å²) in [6.45, 7) is 1.08. The van der Waals surface area contributed by atoms with Gasteiger partial charge < -0.3 is 9.47 Å². The molecule has 2 unspecified atom stereocenters. The zero-order valence-electron chi connectivity index (χ0n) is 11.3. The summed E-state index contributed by atoms with van der Waals surface area (Å²) < 4.78 is 23.2. The van der Waals surface area contributed by atoms with Gasteiger partial charge in [0.25, 0.3) is 0 Å². The van der Waals surface area contributed by atoms with E-state index in [1.165, 1.54) is 0 Å². The third kappa shape index (κ3) is 2.87. The summed E-state index contributed by atoms with van der Waals surface area (Å²) in [6, 6.07) is 5.42. The van der Waals surface area contributed by atoms with Gasteiger partial charge in [0, 0.05) is 29.1 Å². The first-order valence-corrected chi connectivity index (χ1v) is 8.36. The van der Waals surface area contributed by atoms with E-state index in [4.69, 9.17) is 9.47 Å². The highest BCUT2D eigenvalue weighted by molar-refractivity contribution is 7.85. The van der Waals surface area contributed by atoms with Crippen LogP contribution < -0.4 is 9.47 Å². The molecule has 1 heterocycles. The predicted octanol–water partition coefficient (Wildman–Crippen LogP) is 2.32. The van der Waals surface area contributed by atoms with Crippen LogP contribution in [0.4, 0.5) is 0 Å². The van der Waals surface area contributed by atoms with Gasteiger partial charge in [0.05, 0.1) is 10.8 Å². The van der Waals surface area contributed by atoms with Crippen molar-refractivity contribution in [3.8, 4) is 11.5 Å². The van der Waals surface area contributed by atoms with Gasteiger partial charge in [0.1, 0.15) is 19.0 Å². The molecule has 2 aliphatic rings. The molecule has 1 fully saturated rings. The zero-order chi connectivity index (χ0) is 13.9. The fourth-order valence-electron chi connectivity index (χ4n) is 2.73. The maximum Gasteiger partial charge on any atom is 0.162 e. The first kappa shape index (κ1) is 13.6. The fraction of sp³-hybridized carbons (Fsp3) is 0.533. The minimum absolute atomic E-state index is 0.121. The first-order valence-electron chi connectivity index (χ1n) is 7.05. The highest BCUT2D eigenvalue weighted by atomic mass is 32.2. The standard InChI is InChI=1S/C15H18O4S/c16-13-3-1-2-11(13)6-9-20(17)12-4-5-14-15(10-12)19-8-7-18-14/h4-5,10-11H,1-3,6-9H2. The van der Waals surface area contributed by atoms with Gasteiger partial charge in [-0.3, -0.25) is 9.00 Å². The van der Waals surface area contributed by atoms with Gasteiger partial charge in [-0.1, -0.05) is 0 Å². The molecule has 20 heavy (non-hydrogen) atoms. The first-order chi connectivity index (χ1) is 9.74. The van der Waals surface area contributed by atoms with Crippen molar-refractivity contribution >= 4 is 16.6 Å². The number of hydrogen-bond acceptors (Lipinski definition) is 4. The second-order valence-electron chi connectivity index (χ2n) is 5.20. The number of ether oxygens (including phenoxy) is 2. The van der Waals surface area contributed by atoms with Gasteiger partial charge in [-0.15, -0.1) is 0 Å². The quantitative estimate of drug-likeness (QED) is 0.855. The Morgan fingerprint density at radius 3 is 2.75 bits per heavy atom. The summed E-state index contributed by atoms with van der Waals surface area (Å²) >= 11 is 0. The summed E-state index contributed by atoms with van der Waals surface area (Å²) in [7, 11) is -1.08. The lowest BCUT2D eigenvalue weighted by molar-refractivity contribution is -0.120. The molecule has 0 aromatic heterocycles. The van der Waals surface area contributed by atoms with Crippen molar-refractivity contribution < 1.29 is 18.5 Å². The Bertz CT molecular complexity index is 541. The zero-order valence-corrected chi connectivity index (χ0v) is 12.1. The second-order valence-corrected chi connectivity index (χ2v) is 6.77. The molecule has 3 rings (SSSR count). The fourth-order valence-corrected chi connectivity index (χ4v) is 3.92. The molecule has 4 nitrogen and oxygen atoms in total. The van der Waals surface area contributed by atoms with Crippen LogP contribution in [0.1, 0.15) is 25.7 Å². The Balaban J connectivity index is 1.63. The molecule has 2 atom stereocenters. The van der Waals surface area contributed by atoms with Crippen molar-refractivity contribution in [3.05, 3.63) is 18.2 Å². The highest BCUT2D eigenvalue weighted by Gasteiger charge is 2.24. The van der Waals surface area contributed by atoms with E-state index in [-0.39, 0.29) is 5.92 Å². The van der Waals surface area contributed by atoms with Crippen molar-refractivity contribution in [1.29, 1.82) is 0 Å². The summed E-state index contributed by atoms with van der Waals surface area (Å²) in [5.74, 6) is 2.37. The summed E-state index contributed by atoms with van der Waals surface area (Å²) in [5, 5.41) is 0. The molecule has 1 aliphatic carbocycles. The van der Waals surface area contributed by atoms with E-state index < -0.39 is 10.8 Å². The lowest BCUT2D eigenvalue weighted by Crippen LogP contribution is -2.15. The van der Waals surface area contributed by atoms with E-state index in [2.05, 4.69) is 0 Å². The Morgan fingerprint density at radius 2 is 2.00 bits per heavy atom. The van der Waals surface area contributed by atoms with E-state index in [0.29, 0.717) is 42.7 Å². The summed E-state index contributed by atoms with van der Waals surface area (Å²) in [4.78, 5) is 12.3. The monoisotopic (exact) mass is 294 g/mol. The molecule has 1 aromatic carbocycles. The maximum atomic E-state index is 12.3. The average Bonchev–Trinajstić information content (AvgIpc) is 2.89. The number of carbonyl (C=O) groups excluding carboxylic acids is 1. The predicted molar refractivity (Wildman–Crippen MR) is 75.7 cm³/mol. The maximum absolute atomic E-state index is 12.3. The van der Waals surface area contributed by atoms with E-state index in [1.807, 2.05) is 12.1 Å². The van der Waals surface area contributed by atoms with E-state index in [1.54, 1.807) is 6.07 Å². The molecule has 108 valence electrons. The third-order valence-electron chi connectivity index (χ3n) is 3.86. The van der Waals surface area contributed by atoms with Crippen LogP contribution in [0.3, 0.4) is 0 Å². The summed E-state index contributed by atoms with van der Waals surface area (Å²) in [5.41, 5.74) is 0. The number of benzene rings is 1. The van der Waals surface area contributed by atoms with Crippen LogP contribution in [-0.4, -0.2) is 29.0 Å². The highest BCUT2D eigenvalue weighted by Crippen LogP contribution is 2.32. The minimum atomic E-state index is -1.08. The van der Waals surface area contributed by atoms with Crippen LogP contribution in [0.15, 0.2) is 23.1 Å². The van der Waals surface area contributed by atoms with Gasteiger partial charge in [-0.2, -0.15) is 0 Å². The Hall–Kier alpha value is -1.36. The number of hydrogen-bond donors (Lipinski definition) is 0. The second kappa shape index (κ2) is 5.95. The van der Waals surface area contributed by atoms with E-state index >= 15 is 0 Å². The third-order valence-corrected chi connectivity index (χ3v) is 5.25. The Kier molecular flexibility index (Phi) is 4.05. The molecular weight excluding hydrogens is 276 g/mol.